The molecular weight excluding hydrogens is 402 g/mol. The third-order valence-corrected chi connectivity index (χ3v) is 7.31. The molecule has 2 heterocycles. The van der Waals surface area contributed by atoms with Gasteiger partial charge in [0.1, 0.15) is 27.9 Å². The summed E-state index contributed by atoms with van der Waals surface area (Å²) in [5.74, 6) is 2.07. The van der Waals surface area contributed by atoms with Crippen molar-refractivity contribution < 1.29 is 17.9 Å². The summed E-state index contributed by atoms with van der Waals surface area (Å²) in [7, 11) is -2.86. The van der Waals surface area contributed by atoms with E-state index < -0.39 is 9.84 Å². The number of benzene rings is 2. The largest absolute Gasteiger partial charge is 0.493 e. The van der Waals surface area contributed by atoms with Crippen molar-refractivity contribution in [3.8, 4) is 11.5 Å². The number of aromatic nitrogens is 1. The minimum absolute atomic E-state index is 0.00882. The van der Waals surface area contributed by atoms with Gasteiger partial charge in [-0.3, -0.25) is 4.79 Å². The van der Waals surface area contributed by atoms with E-state index in [1.54, 1.807) is 6.92 Å². The number of hydrogen-bond acceptors (Lipinski definition) is 5. The Morgan fingerprint density at radius 3 is 2.47 bits per heavy atom. The summed E-state index contributed by atoms with van der Waals surface area (Å²) in [6, 6.07) is 14.8. The van der Waals surface area contributed by atoms with Crippen LogP contribution >= 0.6 is 0 Å². The second-order valence-electron chi connectivity index (χ2n) is 7.77. The van der Waals surface area contributed by atoms with Crippen molar-refractivity contribution in [1.82, 2.24) is 4.98 Å². The standard InChI is InChI=1S/C23H25NO5S/c1-16-22(24-21-8-3-2-7-20(21)23(16)25)15-29-19-6-4-5-18(13-19)28-14-17-9-11-30(26,27)12-10-17/h2-8,13,17H,9-12,14-15H2,1H3,(H,24,25). The highest BCUT2D eigenvalue weighted by Gasteiger charge is 2.24. The highest BCUT2D eigenvalue weighted by molar-refractivity contribution is 7.91. The molecule has 30 heavy (non-hydrogen) atoms. The second kappa shape index (κ2) is 8.52. The summed E-state index contributed by atoms with van der Waals surface area (Å²) in [5, 5.41) is 0.671. The van der Waals surface area contributed by atoms with E-state index in [4.69, 9.17) is 9.47 Å². The second-order valence-corrected chi connectivity index (χ2v) is 10.1. The molecule has 1 fully saturated rings. The van der Waals surface area contributed by atoms with Gasteiger partial charge >= 0.3 is 0 Å². The van der Waals surface area contributed by atoms with Crippen LogP contribution in [0.1, 0.15) is 24.1 Å². The van der Waals surface area contributed by atoms with Crippen LogP contribution in [0.25, 0.3) is 10.9 Å². The van der Waals surface area contributed by atoms with Crippen molar-refractivity contribution in [2.45, 2.75) is 26.4 Å². The normalized spacial score (nSPS) is 16.4. The van der Waals surface area contributed by atoms with E-state index >= 15 is 0 Å². The van der Waals surface area contributed by atoms with Crippen molar-refractivity contribution >= 4 is 20.7 Å². The van der Waals surface area contributed by atoms with E-state index in [9.17, 15) is 13.2 Å². The van der Waals surface area contributed by atoms with Gasteiger partial charge in [-0.1, -0.05) is 18.2 Å². The molecule has 1 saturated heterocycles. The number of hydrogen-bond donors (Lipinski definition) is 1. The Balaban J connectivity index is 1.40. The lowest BCUT2D eigenvalue weighted by Crippen LogP contribution is -2.26. The number of pyridine rings is 1. The quantitative estimate of drug-likeness (QED) is 0.649. The van der Waals surface area contributed by atoms with Gasteiger partial charge in [0.05, 0.1) is 23.8 Å². The minimum atomic E-state index is -2.86. The lowest BCUT2D eigenvalue weighted by molar-refractivity contribution is 0.235. The van der Waals surface area contributed by atoms with E-state index in [-0.39, 0.29) is 29.5 Å². The molecule has 1 aromatic heterocycles. The Morgan fingerprint density at radius 2 is 1.70 bits per heavy atom. The van der Waals surface area contributed by atoms with E-state index in [0.29, 0.717) is 41.9 Å². The van der Waals surface area contributed by atoms with Crippen LogP contribution < -0.4 is 14.9 Å². The van der Waals surface area contributed by atoms with Gasteiger partial charge in [0, 0.05) is 22.5 Å². The van der Waals surface area contributed by atoms with Gasteiger partial charge in [-0.25, -0.2) is 8.42 Å². The lowest BCUT2D eigenvalue weighted by Gasteiger charge is -2.22. The molecule has 4 rings (SSSR count). The number of fused-ring (bicyclic) bond motifs is 1. The summed E-state index contributed by atoms with van der Waals surface area (Å²) in [5.41, 5.74) is 2.19. The predicted molar refractivity (Wildman–Crippen MR) is 117 cm³/mol. The maximum absolute atomic E-state index is 12.6. The first kappa shape index (κ1) is 20.5. The smallest absolute Gasteiger partial charge is 0.192 e. The van der Waals surface area contributed by atoms with Gasteiger partial charge in [-0.15, -0.1) is 0 Å². The summed E-state index contributed by atoms with van der Waals surface area (Å²) in [6.45, 7) is 2.54. The maximum atomic E-state index is 12.6. The summed E-state index contributed by atoms with van der Waals surface area (Å²) in [6.07, 6.45) is 1.29. The molecule has 158 valence electrons. The first-order chi connectivity index (χ1) is 14.4. The molecule has 0 spiro atoms. The van der Waals surface area contributed by atoms with Crippen LogP contribution in [0.2, 0.25) is 0 Å². The number of nitrogens with one attached hydrogen (secondary N) is 1. The number of H-pyrrole nitrogens is 1. The zero-order chi connectivity index (χ0) is 21.1. The van der Waals surface area contributed by atoms with Crippen LogP contribution in [-0.2, 0) is 16.4 Å². The van der Waals surface area contributed by atoms with Crippen molar-refractivity contribution in [3.05, 3.63) is 70.0 Å². The first-order valence-corrected chi connectivity index (χ1v) is 11.9. The molecule has 0 saturated carbocycles. The summed E-state index contributed by atoms with van der Waals surface area (Å²) >= 11 is 0. The average Bonchev–Trinajstić information content (AvgIpc) is 2.75. The maximum Gasteiger partial charge on any atom is 0.192 e. The number of rotatable bonds is 6. The van der Waals surface area contributed by atoms with Crippen molar-refractivity contribution in [2.24, 2.45) is 5.92 Å². The summed E-state index contributed by atoms with van der Waals surface area (Å²) in [4.78, 5) is 15.8. The van der Waals surface area contributed by atoms with E-state index in [2.05, 4.69) is 4.98 Å². The van der Waals surface area contributed by atoms with Crippen molar-refractivity contribution in [1.29, 1.82) is 0 Å². The highest BCUT2D eigenvalue weighted by Crippen LogP contribution is 2.24. The Kier molecular flexibility index (Phi) is 5.81. The van der Waals surface area contributed by atoms with Crippen LogP contribution in [-0.4, -0.2) is 31.5 Å². The van der Waals surface area contributed by atoms with E-state index in [1.165, 1.54) is 0 Å². The fraction of sp³-hybridized carbons (Fsp3) is 0.348. The topological polar surface area (TPSA) is 85.5 Å². The van der Waals surface area contributed by atoms with Gasteiger partial charge in [-0.05, 0) is 49.9 Å². The Labute approximate surface area is 175 Å². The summed E-state index contributed by atoms with van der Waals surface area (Å²) < 4.78 is 34.9. The van der Waals surface area contributed by atoms with Gasteiger partial charge in [-0.2, -0.15) is 0 Å². The van der Waals surface area contributed by atoms with E-state index in [0.717, 1.165) is 11.2 Å². The Bertz CT molecular complexity index is 1200. The molecule has 0 atom stereocenters. The highest BCUT2D eigenvalue weighted by atomic mass is 32.2. The number of ether oxygens (including phenoxy) is 2. The van der Waals surface area contributed by atoms with E-state index in [1.807, 2.05) is 48.5 Å². The Morgan fingerprint density at radius 1 is 1.00 bits per heavy atom. The number of para-hydroxylation sites is 1. The Hall–Kier alpha value is -2.80. The third kappa shape index (κ3) is 4.67. The molecule has 6 nitrogen and oxygen atoms in total. The molecule has 7 heteroatoms. The van der Waals surface area contributed by atoms with Gasteiger partial charge in [0.15, 0.2) is 5.43 Å². The number of aromatic amines is 1. The van der Waals surface area contributed by atoms with Crippen LogP contribution in [0.15, 0.2) is 53.3 Å². The van der Waals surface area contributed by atoms with Crippen molar-refractivity contribution in [3.63, 3.8) is 0 Å². The van der Waals surface area contributed by atoms with Crippen molar-refractivity contribution in [2.75, 3.05) is 18.1 Å². The third-order valence-electron chi connectivity index (χ3n) is 5.60. The fourth-order valence-electron chi connectivity index (χ4n) is 3.66. The molecule has 2 aromatic carbocycles. The zero-order valence-electron chi connectivity index (χ0n) is 16.9. The minimum Gasteiger partial charge on any atom is -0.493 e. The van der Waals surface area contributed by atoms with Crippen LogP contribution in [0.5, 0.6) is 11.5 Å². The monoisotopic (exact) mass is 427 g/mol. The zero-order valence-corrected chi connectivity index (χ0v) is 17.7. The molecule has 0 amide bonds. The van der Waals surface area contributed by atoms with Gasteiger partial charge < -0.3 is 14.5 Å². The molecule has 1 N–H and O–H groups in total. The molecule has 0 bridgehead atoms. The molecule has 3 aromatic rings. The van der Waals surface area contributed by atoms with Gasteiger partial charge in [0.2, 0.25) is 0 Å². The predicted octanol–water partition coefficient (Wildman–Crippen LogP) is 3.62. The molecular formula is C23H25NO5S. The first-order valence-electron chi connectivity index (χ1n) is 10.1. The molecule has 1 aliphatic heterocycles. The van der Waals surface area contributed by atoms with Crippen LogP contribution in [0.4, 0.5) is 0 Å². The van der Waals surface area contributed by atoms with Gasteiger partial charge in [0.25, 0.3) is 0 Å². The fourth-order valence-corrected chi connectivity index (χ4v) is 5.25. The SMILES string of the molecule is Cc1c(COc2cccc(OCC3CCS(=O)(=O)CC3)c2)[nH]c2ccccc2c1=O. The lowest BCUT2D eigenvalue weighted by atomic mass is 10.0. The molecule has 0 unspecified atom stereocenters. The number of sulfone groups is 1. The van der Waals surface area contributed by atoms with Crippen LogP contribution in [0, 0.1) is 12.8 Å². The molecule has 0 aliphatic carbocycles. The average molecular weight is 428 g/mol. The molecule has 1 aliphatic rings. The van der Waals surface area contributed by atoms with Crippen LogP contribution in [0.3, 0.4) is 0 Å². The molecule has 0 radical (unpaired) electrons.